The van der Waals surface area contributed by atoms with Crippen molar-refractivity contribution in [1.29, 1.82) is 0 Å². The molecule has 6 heteroatoms. The van der Waals surface area contributed by atoms with Crippen molar-refractivity contribution in [3.8, 4) is 11.4 Å². The fourth-order valence-electron chi connectivity index (χ4n) is 2.62. The maximum absolute atomic E-state index is 12.3. The average molecular weight is 367 g/mol. The summed E-state index contributed by atoms with van der Waals surface area (Å²) in [6.45, 7) is 4.03. The Hall–Kier alpha value is -2.73. The van der Waals surface area contributed by atoms with Crippen molar-refractivity contribution in [3.63, 3.8) is 0 Å². The van der Waals surface area contributed by atoms with E-state index in [-0.39, 0.29) is 11.7 Å². The van der Waals surface area contributed by atoms with Gasteiger partial charge in [0.25, 0.3) is 0 Å². The van der Waals surface area contributed by atoms with Gasteiger partial charge in [0.15, 0.2) is 5.16 Å². The predicted molar refractivity (Wildman–Crippen MR) is 105 cm³/mol. The summed E-state index contributed by atoms with van der Waals surface area (Å²) in [4.78, 5) is 16.6. The van der Waals surface area contributed by atoms with E-state index in [1.54, 1.807) is 13.3 Å². The Labute approximate surface area is 157 Å². The lowest BCUT2D eigenvalue weighted by atomic mass is 10.2. The van der Waals surface area contributed by atoms with Gasteiger partial charge in [0.2, 0.25) is 5.91 Å². The number of hydrogen-bond donors (Lipinski definition) is 1. The summed E-state index contributed by atoms with van der Waals surface area (Å²) in [5.74, 6) is 0.977. The molecule has 0 fully saturated rings. The Morgan fingerprint density at radius 3 is 2.77 bits per heavy atom. The Balaban J connectivity index is 1.72. The summed E-state index contributed by atoms with van der Waals surface area (Å²) in [6.07, 6.45) is 3.60. The third-order valence-corrected chi connectivity index (χ3v) is 4.80. The monoisotopic (exact) mass is 367 g/mol. The van der Waals surface area contributed by atoms with E-state index in [0.717, 1.165) is 33.4 Å². The molecule has 134 valence electrons. The highest BCUT2D eigenvalue weighted by Gasteiger charge is 2.13. The number of nitrogens with zero attached hydrogens (tertiary/aromatic N) is 2. The molecule has 0 saturated heterocycles. The molecular weight excluding hydrogens is 346 g/mol. The van der Waals surface area contributed by atoms with Gasteiger partial charge in [-0.1, -0.05) is 30.0 Å². The van der Waals surface area contributed by atoms with Crippen molar-refractivity contribution in [2.75, 3.05) is 18.2 Å². The molecule has 26 heavy (non-hydrogen) atoms. The van der Waals surface area contributed by atoms with Crippen LogP contribution in [0.15, 0.2) is 60.0 Å². The molecule has 0 spiro atoms. The molecule has 0 saturated carbocycles. The molecule has 3 aromatic rings. The van der Waals surface area contributed by atoms with E-state index in [0.29, 0.717) is 0 Å². The molecule has 1 heterocycles. The highest BCUT2D eigenvalue weighted by atomic mass is 32.2. The normalized spacial score (nSPS) is 10.6. The van der Waals surface area contributed by atoms with Crippen LogP contribution in [-0.4, -0.2) is 28.3 Å². The standard InChI is InChI=1S/C20H21N3O2S/c1-14-5-4-6-16(11-14)22-19(24)13-26-20-21-9-10-23(20)17-12-15(2)7-8-18(17)25-3/h4-12H,13H2,1-3H3,(H,22,24). The summed E-state index contributed by atoms with van der Waals surface area (Å²) in [5.41, 5.74) is 3.95. The van der Waals surface area contributed by atoms with Crippen LogP contribution in [0.2, 0.25) is 0 Å². The van der Waals surface area contributed by atoms with Gasteiger partial charge in [0.05, 0.1) is 18.6 Å². The van der Waals surface area contributed by atoms with Gasteiger partial charge in [-0.05, 0) is 49.2 Å². The Kier molecular flexibility index (Phi) is 5.63. The van der Waals surface area contributed by atoms with Crippen molar-refractivity contribution in [1.82, 2.24) is 9.55 Å². The zero-order chi connectivity index (χ0) is 18.5. The second kappa shape index (κ2) is 8.10. The van der Waals surface area contributed by atoms with Gasteiger partial charge in [-0.15, -0.1) is 0 Å². The minimum Gasteiger partial charge on any atom is -0.495 e. The number of thioether (sulfide) groups is 1. The Bertz CT molecular complexity index is 921. The lowest BCUT2D eigenvalue weighted by Crippen LogP contribution is -2.14. The number of ether oxygens (including phenoxy) is 1. The fraction of sp³-hybridized carbons (Fsp3) is 0.200. The van der Waals surface area contributed by atoms with Crippen LogP contribution in [0, 0.1) is 13.8 Å². The Morgan fingerprint density at radius 2 is 2.00 bits per heavy atom. The number of rotatable bonds is 6. The first-order valence-corrected chi connectivity index (χ1v) is 9.23. The number of aryl methyl sites for hydroxylation is 2. The summed E-state index contributed by atoms with van der Waals surface area (Å²) in [7, 11) is 1.65. The maximum atomic E-state index is 12.3. The van der Waals surface area contributed by atoms with Crippen molar-refractivity contribution < 1.29 is 9.53 Å². The molecule has 1 amide bonds. The van der Waals surface area contributed by atoms with Gasteiger partial charge in [0.1, 0.15) is 5.75 Å². The van der Waals surface area contributed by atoms with Crippen LogP contribution < -0.4 is 10.1 Å². The zero-order valence-electron chi connectivity index (χ0n) is 15.0. The highest BCUT2D eigenvalue weighted by molar-refractivity contribution is 7.99. The second-order valence-electron chi connectivity index (χ2n) is 5.96. The first-order valence-electron chi connectivity index (χ1n) is 8.24. The summed E-state index contributed by atoms with van der Waals surface area (Å²) in [6, 6.07) is 13.7. The highest BCUT2D eigenvalue weighted by Crippen LogP contribution is 2.28. The topological polar surface area (TPSA) is 56.2 Å². The molecule has 0 radical (unpaired) electrons. The van der Waals surface area contributed by atoms with Gasteiger partial charge >= 0.3 is 0 Å². The molecule has 5 nitrogen and oxygen atoms in total. The van der Waals surface area contributed by atoms with Crippen molar-refractivity contribution >= 4 is 23.4 Å². The van der Waals surface area contributed by atoms with E-state index < -0.39 is 0 Å². The van der Waals surface area contributed by atoms with E-state index in [1.807, 2.05) is 67.1 Å². The van der Waals surface area contributed by atoms with Gasteiger partial charge < -0.3 is 10.1 Å². The van der Waals surface area contributed by atoms with Crippen molar-refractivity contribution in [2.45, 2.75) is 19.0 Å². The molecule has 0 aliphatic heterocycles. The maximum Gasteiger partial charge on any atom is 0.234 e. The summed E-state index contributed by atoms with van der Waals surface area (Å²) >= 11 is 1.39. The smallest absolute Gasteiger partial charge is 0.234 e. The van der Waals surface area contributed by atoms with Crippen molar-refractivity contribution in [2.24, 2.45) is 0 Å². The summed E-state index contributed by atoms with van der Waals surface area (Å²) < 4.78 is 7.40. The van der Waals surface area contributed by atoms with Crippen LogP contribution in [0.25, 0.3) is 5.69 Å². The van der Waals surface area contributed by atoms with Gasteiger partial charge in [-0.2, -0.15) is 0 Å². The van der Waals surface area contributed by atoms with Gasteiger partial charge in [-0.3, -0.25) is 9.36 Å². The second-order valence-corrected chi connectivity index (χ2v) is 6.90. The predicted octanol–water partition coefficient (Wildman–Crippen LogP) is 4.23. The number of methoxy groups -OCH3 is 1. The first-order chi connectivity index (χ1) is 12.6. The summed E-state index contributed by atoms with van der Waals surface area (Å²) in [5, 5.41) is 3.66. The largest absolute Gasteiger partial charge is 0.495 e. The lowest BCUT2D eigenvalue weighted by Gasteiger charge is -2.13. The molecule has 2 aromatic carbocycles. The van der Waals surface area contributed by atoms with Crippen LogP contribution in [0.4, 0.5) is 5.69 Å². The van der Waals surface area contributed by atoms with E-state index in [1.165, 1.54) is 11.8 Å². The van der Waals surface area contributed by atoms with Crippen LogP contribution in [0.1, 0.15) is 11.1 Å². The number of carbonyl (C=O) groups is 1. The number of hydrogen-bond acceptors (Lipinski definition) is 4. The molecule has 3 rings (SSSR count). The number of nitrogens with one attached hydrogen (secondary N) is 1. The lowest BCUT2D eigenvalue weighted by molar-refractivity contribution is -0.113. The molecule has 0 aliphatic carbocycles. The number of benzene rings is 2. The quantitative estimate of drug-likeness (QED) is 0.663. The van der Waals surface area contributed by atoms with Crippen LogP contribution in [-0.2, 0) is 4.79 Å². The van der Waals surface area contributed by atoms with Gasteiger partial charge in [-0.25, -0.2) is 4.98 Å². The minimum absolute atomic E-state index is 0.0636. The SMILES string of the molecule is COc1ccc(C)cc1-n1ccnc1SCC(=O)Nc1cccc(C)c1. The first kappa shape index (κ1) is 18.1. The number of carbonyl (C=O) groups excluding carboxylic acids is 1. The fourth-order valence-corrected chi connectivity index (χ4v) is 3.38. The molecule has 0 bridgehead atoms. The number of amides is 1. The minimum atomic E-state index is -0.0636. The number of anilines is 1. The molecular formula is C20H21N3O2S. The zero-order valence-corrected chi connectivity index (χ0v) is 15.8. The van der Waals surface area contributed by atoms with E-state index in [2.05, 4.69) is 10.3 Å². The number of aromatic nitrogens is 2. The third kappa shape index (κ3) is 4.26. The van der Waals surface area contributed by atoms with E-state index >= 15 is 0 Å². The van der Waals surface area contributed by atoms with Crippen LogP contribution in [0.3, 0.4) is 0 Å². The molecule has 0 atom stereocenters. The molecule has 1 N–H and O–H groups in total. The average Bonchev–Trinajstić information content (AvgIpc) is 3.08. The van der Waals surface area contributed by atoms with Gasteiger partial charge in [0, 0.05) is 18.1 Å². The Morgan fingerprint density at radius 1 is 1.19 bits per heavy atom. The molecule has 0 aliphatic rings. The molecule has 0 unspecified atom stereocenters. The van der Waals surface area contributed by atoms with E-state index in [4.69, 9.17) is 4.74 Å². The van der Waals surface area contributed by atoms with Crippen molar-refractivity contribution in [3.05, 3.63) is 66.0 Å². The number of imidazole rings is 1. The van der Waals surface area contributed by atoms with E-state index in [9.17, 15) is 4.79 Å². The molecule has 1 aromatic heterocycles. The van der Waals surface area contributed by atoms with Crippen LogP contribution >= 0.6 is 11.8 Å². The van der Waals surface area contributed by atoms with Crippen LogP contribution in [0.5, 0.6) is 5.75 Å². The third-order valence-electron chi connectivity index (χ3n) is 3.83.